The number of aromatic nitrogens is 3. The van der Waals surface area contributed by atoms with E-state index in [0.29, 0.717) is 11.3 Å². The standard InChI is InChI=1S/C23H26ClN5O2/c1-16(25-23(30)18-4-3-5-20(14-18)31-2)22-27-26-21-10-11-28(12-13-29(21)22)15-17-6-8-19(24)9-7-17/h3-9,14,16H,10-13,15H2,1-2H3,(H,25,30)/t16-/m0/s1. The Labute approximate surface area is 187 Å². The van der Waals surface area contributed by atoms with Gasteiger partial charge in [-0.15, -0.1) is 10.2 Å². The van der Waals surface area contributed by atoms with Gasteiger partial charge in [-0.05, 0) is 42.8 Å². The molecule has 1 aliphatic rings. The maximum atomic E-state index is 12.7. The molecule has 2 heterocycles. The number of nitrogens with zero attached hydrogens (tertiary/aromatic N) is 4. The second kappa shape index (κ2) is 9.49. The van der Waals surface area contributed by atoms with Gasteiger partial charge in [0.2, 0.25) is 0 Å². The summed E-state index contributed by atoms with van der Waals surface area (Å²) in [4.78, 5) is 15.1. The molecule has 4 rings (SSSR count). The van der Waals surface area contributed by atoms with Crippen LogP contribution in [0.1, 0.15) is 40.5 Å². The molecule has 7 nitrogen and oxygen atoms in total. The zero-order chi connectivity index (χ0) is 21.8. The van der Waals surface area contributed by atoms with Crippen LogP contribution in [0.15, 0.2) is 48.5 Å². The number of halogens is 1. The molecule has 0 bridgehead atoms. The number of nitrogens with one attached hydrogen (secondary N) is 1. The minimum atomic E-state index is -0.261. The van der Waals surface area contributed by atoms with Gasteiger partial charge in [0, 0.05) is 43.2 Å². The lowest BCUT2D eigenvalue weighted by molar-refractivity contribution is 0.0937. The number of hydrogen-bond donors (Lipinski definition) is 1. The smallest absolute Gasteiger partial charge is 0.251 e. The SMILES string of the molecule is COc1cccc(C(=O)N[C@@H](C)c2nnc3n2CCN(Cc2ccc(Cl)cc2)CC3)c1. The third-order valence-electron chi connectivity index (χ3n) is 5.53. The highest BCUT2D eigenvalue weighted by atomic mass is 35.5. The summed E-state index contributed by atoms with van der Waals surface area (Å²) >= 11 is 6.00. The van der Waals surface area contributed by atoms with E-state index in [-0.39, 0.29) is 11.9 Å². The fourth-order valence-corrected chi connectivity index (χ4v) is 3.95. The Balaban J connectivity index is 1.41. The molecule has 0 spiro atoms. The third kappa shape index (κ3) is 5.06. The molecule has 3 aromatic rings. The van der Waals surface area contributed by atoms with Gasteiger partial charge >= 0.3 is 0 Å². The molecule has 2 aromatic carbocycles. The highest BCUT2D eigenvalue weighted by molar-refractivity contribution is 6.30. The molecule has 31 heavy (non-hydrogen) atoms. The van der Waals surface area contributed by atoms with E-state index in [9.17, 15) is 4.79 Å². The van der Waals surface area contributed by atoms with Gasteiger partial charge in [-0.1, -0.05) is 29.8 Å². The lowest BCUT2D eigenvalue weighted by atomic mass is 10.2. The maximum absolute atomic E-state index is 12.7. The monoisotopic (exact) mass is 439 g/mol. The molecule has 0 aliphatic carbocycles. The lowest BCUT2D eigenvalue weighted by Gasteiger charge is -2.20. The van der Waals surface area contributed by atoms with Gasteiger partial charge in [0.25, 0.3) is 5.91 Å². The van der Waals surface area contributed by atoms with Gasteiger partial charge in [0.15, 0.2) is 5.82 Å². The third-order valence-corrected chi connectivity index (χ3v) is 5.79. The summed E-state index contributed by atoms with van der Waals surface area (Å²) in [5, 5.41) is 12.6. The summed E-state index contributed by atoms with van der Waals surface area (Å²) in [6, 6.07) is 14.8. The summed E-state index contributed by atoms with van der Waals surface area (Å²) in [5.74, 6) is 2.22. The highest BCUT2D eigenvalue weighted by Crippen LogP contribution is 2.19. The van der Waals surface area contributed by atoms with E-state index in [1.807, 2.05) is 25.1 Å². The molecule has 0 radical (unpaired) electrons. The van der Waals surface area contributed by atoms with Crippen molar-refractivity contribution in [2.24, 2.45) is 0 Å². The first-order valence-corrected chi connectivity index (χ1v) is 10.7. The number of carbonyl (C=O) groups excluding carboxylic acids is 1. The molecule has 1 N–H and O–H groups in total. The van der Waals surface area contributed by atoms with Crippen molar-refractivity contribution in [1.82, 2.24) is 25.0 Å². The van der Waals surface area contributed by atoms with Gasteiger partial charge in [-0.3, -0.25) is 9.69 Å². The second-order valence-electron chi connectivity index (χ2n) is 7.71. The van der Waals surface area contributed by atoms with Crippen LogP contribution in [0.2, 0.25) is 5.02 Å². The summed E-state index contributed by atoms with van der Waals surface area (Å²) in [7, 11) is 1.58. The average molecular weight is 440 g/mol. The van der Waals surface area contributed by atoms with Gasteiger partial charge < -0.3 is 14.6 Å². The van der Waals surface area contributed by atoms with Crippen molar-refractivity contribution >= 4 is 17.5 Å². The van der Waals surface area contributed by atoms with Crippen LogP contribution in [-0.2, 0) is 19.5 Å². The quantitative estimate of drug-likeness (QED) is 0.636. The molecule has 1 atom stereocenters. The fraction of sp³-hybridized carbons (Fsp3) is 0.348. The zero-order valence-electron chi connectivity index (χ0n) is 17.7. The van der Waals surface area contributed by atoms with Crippen molar-refractivity contribution in [3.05, 3.63) is 76.3 Å². The summed E-state index contributed by atoms with van der Waals surface area (Å²) in [6.45, 7) is 5.38. The maximum Gasteiger partial charge on any atom is 0.251 e. The van der Waals surface area contributed by atoms with Crippen LogP contribution in [0.5, 0.6) is 5.75 Å². The molecule has 0 saturated carbocycles. The van der Waals surface area contributed by atoms with E-state index in [4.69, 9.17) is 16.3 Å². The molecule has 1 aliphatic heterocycles. The predicted octanol–water partition coefficient (Wildman–Crippen LogP) is 3.49. The molecule has 1 aromatic heterocycles. The predicted molar refractivity (Wildman–Crippen MR) is 119 cm³/mol. The Hall–Kier alpha value is -2.90. The van der Waals surface area contributed by atoms with Gasteiger partial charge in [-0.25, -0.2) is 0 Å². The highest BCUT2D eigenvalue weighted by Gasteiger charge is 2.23. The van der Waals surface area contributed by atoms with E-state index < -0.39 is 0 Å². The number of fused-ring (bicyclic) bond motifs is 1. The van der Waals surface area contributed by atoms with Crippen molar-refractivity contribution in [2.75, 3.05) is 20.2 Å². The molecular weight excluding hydrogens is 414 g/mol. The normalized spacial score (nSPS) is 15.1. The van der Waals surface area contributed by atoms with E-state index in [1.165, 1.54) is 5.56 Å². The van der Waals surface area contributed by atoms with Crippen LogP contribution in [0.3, 0.4) is 0 Å². The number of hydrogen-bond acceptors (Lipinski definition) is 5. The van der Waals surface area contributed by atoms with Crippen molar-refractivity contribution in [1.29, 1.82) is 0 Å². The Bertz CT molecular complexity index is 1050. The molecule has 1 amide bonds. The minimum absolute atomic E-state index is 0.165. The first-order valence-electron chi connectivity index (χ1n) is 10.4. The lowest BCUT2D eigenvalue weighted by Crippen LogP contribution is -2.30. The van der Waals surface area contributed by atoms with Gasteiger partial charge in [0.05, 0.1) is 13.2 Å². The first-order chi connectivity index (χ1) is 15.0. The number of benzene rings is 2. The van der Waals surface area contributed by atoms with E-state index >= 15 is 0 Å². The molecule has 0 saturated heterocycles. The fourth-order valence-electron chi connectivity index (χ4n) is 3.82. The van der Waals surface area contributed by atoms with E-state index in [0.717, 1.165) is 49.3 Å². The van der Waals surface area contributed by atoms with Crippen LogP contribution in [-0.4, -0.2) is 45.8 Å². The first kappa shape index (κ1) is 21.3. The van der Waals surface area contributed by atoms with E-state index in [1.54, 1.807) is 25.3 Å². The Morgan fingerprint density at radius 3 is 2.74 bits per heavy atom. The minimum Gasteiger partial charge on any atom is -0.497 e. The molecule has 0 unspecified atom stereocenters. The topological polar surface area (TPSA) is 72.3 Å². The summed E-state index contributed by atoms with van der Waals surface area (Å²) in [6.07, 6.45) is 0.817. The Kier molecular flexibility index (Phi) is 6.53. The second-order valence-corrected chi connectivity index (χ2v) is 8.14. The summed E-state index contributed by atoms with van der Waals surface area (Å²) in [5.41, 5.74) is 1.79. The van der Waals surface area contributed by atoms with Crippen molar-refractivity contribution in [3.63, 3.8) is 0 Å². The van der Waals surface area contributed by atoms with Gasteiger partial charge in [0.1, 0.15) is 11.6 Å². The number of amides is 1. The van der Waals surface area contributed by atoms with Crippen LogP contribution >= 0.6 is 11.6 Å². The van der Waals surface area contributed by atoms with Crippen molar-refractivity contribution in [3.8, 4) is 5.75 Å². The summed E-state index contributed by atoms with van der Waals surface area (Å²) < 4.78 is 7.35. The number of methoxy groups -OCH3 is 1. The molecule has 8 heteroatoms. The van der Waals surface area contributed by atoms with E-state index in [2.05, 4.69) is 37.1 Å². The molecule has 0 fully saturated rings. The number of rotatable bonds is 6. The Morgan fingerprint density at radius 2 is 1.97 bits per heavy atom. The number of ether oxygens (including phenoxy) is 1. The van der Waals surface area contributed by atoms with Crippen molar-refractivity contribution < 1.29 is 9.53 Å². The Morgan fingerprint density at radius 1 is 1.16 bits per heavy atom. The van der Waals surface area contributed by atoms with Crippen LogP contribution in [0.25, 0.3) is 0 Å². The van der Waals surface area contributed by atoms with Crippen LogP contribution < -0.4 is 10.1 Å². The number of carbonyl (C=O) groups is 1. The van der Waals surface area contributed by atoms with Crippen LogP contribution in [0, 0.1) is 0 Å². The molecule has 162 valence electrons. The van der Waals surface area contributed by atoms with Gasteiger partial charge in [-0.2, -0.15) is 0 Å². The van der Waals surface area contributed by atoms with Crippen molar-refractivity contribution in [2.45, 2.75) is 32.5 Å². The van der Waals surface area contributed by atoms with Crippen LogP contribution in [0.4, 0.5) is 0 Å². The molecular formula is C23H26ClN5O2. The largest absolute Gasteiger partial charge is 0.497 e. The average Bonchev–Trinajstić information content (AvgIpc) is 3.09. The zero-order valence-corrected chi connectivity index (χ0v) is 18.5.